The maximum absolute atomic E-state index is 13.3. The van der Waals surface area contributed by atoms with Gasteiger partial charge in [0, 0.05) is 6.20 Å². The van der Waals surface area contributed by atoms with Crippen molar-refractivity contribution < 1.29 is 8.78 Å². The molecule has 0 aliphatic heterocycles. The smallest absolute Gasteiger partial charge is 0.276 e. The van der Waals surface area contributed by atoms with Gasteiger partial charge in [0.05, 0.1) is 17.1 Å². The van der Waals surface area contributed by atoms with E-state index in [1.165, 1.54) is 0 Å². The second kappa shape index (κ2) is 8.66. The van der Waals surface area contributed by atoms with Crippen LogP contribution >= 0.6 is 0 Å². The predicted octanol–water partition coefficient (Wildman–Crippen LogP) is 5.71. The molecule has 0 saturated carbocycles. The molecule has 0 spiro atoms. The summed E-state index contributed by atoms with van der Waals surface area (Å²) in [4.78, 5) is 7.32. The predicted molar refractivity (Wildman–Crippen MR) is 90.3 cm³/mol. The van der Waals surface area contributed by atoms with Gasteiger partial charge in [-0.15, -0.1) is 0 Å². The number of hydrogen-bond acceptors (Lipinski definition) is 1. The molecule has 4 heteroatoms. The van der Waals surface area contributed by atoms with E-state index in [0.717, 1.165) is 17.7 Å². The second-order valence-electron chi connectivity index (χ2n) is 5.64. The lowest BCUT2D eigenvalue weighted by Crippen LogP contribution is -2.19. The zero-order chi connectivity index (χ0) is 16.7. The zero-order valence-electron chi connectivity index (χ0n) is 13.9. The van der Waals surface area contributed by atoms with Crippen LogP contribution in [0.15, 0.2) is 41.6 Å². The van der Waals surface area contributed by atoms with E-state index in [9.17, 15) is 8.78 Å². The molecule has 1 heterocycles. The van der Waals surface area contributed by atoms with Crippen LogP contribution in [-0.2, 0) is 0 Å². The molecule has 2 atom stereocenters. The van der Waals surface area contributed by atoms with Gasteiger partial charge in [-0.25, -0.2) is 13.8 Å². The fraction of sp³-hybridized carbons (Fsp3) is 0.500. The molecule has 1 aromatic rings. The first-order valence-electron chi connectivity index (χ1n) is 7.81. The van der Waals surface area contributed by atoms with Crippen molar-refractivity contribution >= 4 is 11.4 Å². The third-order valence-electron chi connectivity index (χ3n) is 4.03. The van der Waals surface area contributed by atoms with Crippen LogP contribution in [0.4, 0.5) is 8.78 Å². The van der Waals surface area contributed by atoms with Crippen LogP contribution in [0, 0.1) is 11.8 Å². The van der Waals surface area contributed by atoms with Gasteiger partial charge in [-0.1, -0.05) is 39.8 Å². The minimum Gasteiger partial charge on any atom is -0.360 e. The monoisotopic (exact) mass is 308 g/mol. The summed E-state index contributed by atoms with van der Waals surface area (Å²) in [5.41, 5.74) is 2.07. The van der Waals surface area contributed by atoms with Crippen molar-refractivity contribution in [2.75, 3.05) is 0 Å². The van der Waals surface area contributed by atoms with Crippen molar-refractivity contribution in [3.05, 3.63) is 42.3 Å². The number of aromatic amines is 1. The molecule has 0 saturated heterocycles. The molecule has 0 radical (unpaired) electrons. The molecule has 0 amide bonds. The summed E-state index contributed by atoms with van der Waals surface area (Å²) in [6.45, 7) is 11.9. The number of rotatable bonds is 8. The zero-order valence-corrected chi connectivity index (χ0v) is 13.9. The van der Waals surface area contributed by atoms with E-state index in [1.54, 1.807) is 13.1 Å². The summed E-state index contributed by atoms with van der Waals surface area (Å²) in [6, 6.07) is 3.66. The van der Waals surface area contributed by atoms with Crippen LogP contribution in [0.1, 0.15) is 46.2 Å². The Hall–Kier alpha value is -1.71. The summed E-state index contributed by atoms with van der Waals surface area (Å²) in [5, 5.41) is 0. The third kappa shape index (κ3) is 4.93. The Morgan fingerprint density at radius 3 is 2.36 bits per heavy atom. The van der Waals surface area contributed by atoms with Crippen LogP contribution < -0.4 is 0 Å². The minimum atomic E-state index is -2.55. The Bertz CT molecular complexity index is 527. The van der Waals surface area contributed by atoms with E-state index in [2.05, 4.69) is 30.4 Å². The average molecular weight is 308 g/mol. The first-order valence-corrected chi connectivity index (χ1v) is 7.81. The van der Waals surface area contributed by atoms with Crippen molar-refractivity contribution in [3.8, 4) is 0 Å². The second-order valence-corrected chi connectivity index (χ2v) is 5.64. The fourth-order valence-corrected chi connectivity index (χ4v) is 1.96. The summed E-state index contributed by atoms with van der Waals surface area (Å²) >= 11 is 0. The van der Waals surface area contributed by atoms with E-state index in [1.807, 2.05) is 25.1 Å². The van der Waals surface area contributed by atoms with Gasteiger partial charge in [-0.2, -0.15) is 0 Å². The summed E-state index contributed by atoms with van der Waals surface area (Å²) in [5.74, 6) is 0.0361. The molecule has 0 fully saturated rings. The summed E-state index contributed by atoms with van der Waals surface area (Å²) in [7, 11) is 0. The van der Waals surface area contributed by atoms with Crippen molar-refractivity contribution in [1.29, 1.82) is 0 Å². The quantitative estimate of drug-likeness (QED) is 0.470. The Balaban J connectivity index is 3.27. The highest BCUT2D eigenvalue weighted by Crippen LogP contribution is 2.24. The summed E-state index contributed by atoms with van der Waals surface area (Å²) < 4.78 is 26.6. The van der Waals surface area contributed by atoms with Crippen LogP contribution in [0.2, 0.25) is 0 Å². The number of aromatic nitrogens is 1. The molecule has 22 heavy (non-hydrogen) atoms. The lowest BCUT2D eigenvalue weighted by molar-refractivity contribution is 0.218. The number of H-pyrrole nitrogens is 1. The molecular weight excluding hydrogens is 282 g/mol. The number of nitrogens with zero attached hydrogens (tertiary/aromatic N) is 1. The molecule has 1 aromatic heterocycles. The molecule has 2 nitrogen and oxygen atoms in total. The molecule has 0 aliphatic carbocycles. The minimum absolute atomic E-state index is 0.0692. The number of alkyl halides is 2. The highest BCUT2D eigenvalue weighted by molar-refractivity contribution is 5.93. The molecule has 0 bridgehead atoms. The number of halogens is 2. The van der Waals surface area contributed by atoms with Gasteiger partial charge in [0.2, 0.25) is 0 Å². The number of hydrogen-bond donors (Lipinski definition) is 1. The van der Waals surface area contributed by atoms with Gasteiger partial charge in [0.25, 0.3) is 6.43 Å². The first-order chi connectivity index (χ1) is 10.4. The first kappa shape index (κ1) is 18.3. The fourth-order valence-electron chi connectivity index (χ4n) is 1.96. The lowest BCUT2D eigenvalue weighted by Gasteiger charge is -2.14. The van der Waals surface area contributed by atoms with Gasteiger partial charge in [-0.3, -0.25) is 0 Å². The van der Waals surface area contributed by atoms with Crippen LogP contribution in [0.5, 0.6) is 0 Å². The van der Waals surface area contributed by atoms with E-state index >= 15 is 0 Å². The maximum Gasteiger partial charge on any atom is 0.276 e. The maximum atomic E-state index is 13.3. The Labute approximate surface area is 132 Å². The Morgan fingerprint density at radius 2 is 1.91 bits per heavy atom. The highest BCUT2D eigenvalue weighted by atomic mass is 19.3. The molecule has 0 aliphatic rings. The molecule has 2 unspecified atom stereocenters. The van der Waals surface area contributed by atoms with Gasteiger partial charge in [0.1, 0.15) is 0 Å². The number of nitrogens with one attached hydrogen (secondary N) is 1. The van der Waals surface area contributed by atoms with Crippen LogP contribution in [0.25, 0.3) is 5.70 Å². The Kier molecular flexibility index (Phi) is 7.22. The van der Waals surface area contributed by atoms with Gasteiger partial charge < -0.3 is 4.98 Å². The standard InChI is InChI=1S/C18H26F2N2/c1-6-12(3)14(5)11-16(15-9-8-10-21-15)22-17(18(19)20)13(4)7-2/h8-13,18,21H,5-7H2,1-4H3/b16-11-,22-17?. The molecule has 1 N–H and O–H groups in total. The molecule has 1 rings (SSSR count). The highest BCUT2D eigenvalue weighted by Gasteiger charge is 2.20. The molecular formula is C18H26F2N2. The van der Waals surface area contributed by atoms with Gasteiger partial charge in [-0.05, 0) is 42.9 Å². The summed E-state index contributed by atoms with van der Waals surface area (Å²) in [6.07, 6.45) is 2.60. The van der Waals surface area contributed by atoms with E-state index in [-0.39, 0.29) is 11.6 Å². The number of aliphatic imine (C=N–C) groups is 1. The van der Waals surface area contributed by atoms with E-state index in [4.69, 9.17) is 0 Å². The van der Waals surface area contributed by atoms with Crippen molar-refractivity contribution in [2.24, 2.45) is 16.8 Å². The van der Waals surface area contributed by atoms with E-state index < -0.39 is 6.43 Å². The normalized spacial score (nSPS) is 16.0. The van der Waals surface area contributed by atoms with Gasteiger partial charge in [0.15, 0.2) is 0 Å². The van der Waals surface area contributed by atoms with Crippen molar-refractivity contribution in [3.63, 3.8) is 0 Å². The molecule has 122 valence electrons. The molecule has 0 aromatic carbocycles. The SMILES string of the molecule is C=C(/C=C(\N=C(C(F)F)C(C)CC)c1ccc[nH]1)C(C)CC. The van der Waals surface area contributed by atoms with Gasteiger partial charge >= 0.3 is 0 Å². The van der Waals surface area contributed by atoms with Crippen molar-refractivity contribution in [1.82, 2.24) is 4.98 Å². The van der Waals surface area contributed by atoms with Crippen LogP contribution in [0.3, 0.4) is 0 Å². The Morgan fingerprint density at radius 1 is 1.27 bits per heavy atom. The lowest BCUT2D eigenvalue weighted by atomic mass is 9.98. The van der Waals surface area contributed by atoms with Crippen molar-refractivity contribution in [2.45, 2.75) is 47.0 Å². The van der Waals surface area contributed by atoms with E-state index in [0.29, 0.717) is 18.0 Å². The largest absolute Gasteiger partial charge is 0.360 e. The topological polar surface area (TPSA) is 28.1 Å². The third-order valence-corrected chi connectivity index (χ3v) is 4.03. The van der Waals surface area contributed by atoms with Crippen LogP contribution in [-0.4, -0.2) is 17.1 Å². The number of allylic oxidation sites excluding steroid dienone is 2. The average Bonchev–Trinajstić information content (AvgIpc) is 3.03.